The topological polar surface area (TPSA) is 113 Å². The van der Waals surface area contributed by atoms with Crippen molar-refractivity contribution in [1.82, 2.24) is 0 Å². The van der Waals surface area contributed by atoms with Gasteiger partial charge in [0.2, 0.25) is 6.29 Å². The van der Waals surface area contributed by atoms with Crippen LogP contribution >= 0.6 is 0 Å². The Labute approximate surface area is 176 Å². The van der Waals surface area contributed by atoms with Gasteiger partial charge >= 0.3 is 5.97 Å². The van der Waals surface area contributed by atoms with Crippen LogP contribution in [0.25, 0.3) is 0 Å². The molecule has 5 atom stereocenters. The highest BCUT2D eigenvalue weighted by Crippen LogP contribution is 2.35. The number of aliphatic hydroxyl groups excluding tert-OH is 2. The third-order valence-corrected chi connectivity index (χ3v) is 5.82. The number of aliphatic hydroxyl groups is 2. The molecule has 30 heavy (non-hydrogen) atoms. The van der Waals surface area contributed by atoms with Gasteiger partial charge in [-0.3, -0.25) is 9.59 Å². The molecular weight excluding hydrogens is 388 g/mol. The lowest BCUT2D eigenvalue weighted by Gasteiger charge is -2.28. The molecule has 1 heterocycles. The van der Waals surface area contributed by atoms with Crippen LogP contribution in [0.4, 0.5) is 0 Å². The summed E-state index contributed by atoms with van der Waals surface area (Å²) in [5, 5.41) is 29.4. The van der Waals surface area contributed by atoms with Crippen LogP contribution in [0.15, 0.2) is 36.4 Å². The molecule has 0 aromatic heterocycles. The van der Waals surface area contributed by atoms with Crippen molar-refractivity contribution in [3.05, 3.63) is 42.0 Å². The number of carbonyl (C=O) groups excluding carboxylic acids is 1. The van der Waals surface area contributed by atoms with Crippen LogP contribution in [-0.4, -0.2) is 45.6 Å². The highest BCUT2D eigenvalue weighted by Gasteiger charge is 2.39. The number of carboxylic acids is 1. The lowest BCUT2D eigenvalue weighted by Crippen LogP contribution is -2.36. The van der Waals surface area contributed by atoms with E-state index in [4.69, 9.17) is 14.6 Å². The number of hydrogen-bond donors (Lipinski definition) is 3. The molecule has 1 aromatic rings. The van der Waals surface area contributed by atoms with E-state index in [2.05, 4.69) is 0 Å². The van der Waals surface area contributed by atoms with Crippen molar-refractivity contribution < 1.29 is 34.4 Å². The van der Waals surface area contributed by atoms with Gasteiger partial charge in [0.1, 0.15) is 17.6 Å². The molecule has 2 aliphatic rings. The zero-order valence-corrected chi connectivity index (χ0v) is 17.0. The molecule has 1 saturated carbocycles. The Morgan fingerprint density at radius 2 is 1.97 bits per heavy atom. The molecule has 1 unspecified atom stereocenters. The van der Waals surface area contributed by atoms with Crippen molar-refractivity contribution in [2.75, 3.05) is 0 Å². The standard InChI is InChI=1S/C23H30O7/c24-18(23-29-14-15-7-5-6-9-21(15)30-23)12-11-17-16(19(25)13-20(17)26)8-3-1-2-4-10-22(27)28/h5-7,9,11-12,16-18,20,23-24,26H,1-4,8,10,13-14H2,(H,27,28)/b12-11+/t16-,17-,18+,20-,23?/m1/s1. The van der Waals surface area contributed by atoms with Crippen molar-refractivity contribution in [2.24, 2.45) is 11.8 Å². The van der Waals surface area contributed by atoms with Crippen molar-refractivity contribution in [2.45, 2.75) is 70.1 Å². The molecule has 0 bridgehead atoms. The molecular formula is C23H30O7. The lowest BCUT2D eigenvalue weighted by molar-refractivity contribution is -0.152. The van der Waals surface area contributed by atoms with Crippen LogP contribution in [0, 0.1) is 11.8 Å². The number of rotatable bonds is 10. The second-order valence-corrected chi connectivity index (χ2v) is 8.05. The highest BCUT2D eigenvalue weighted by molar-refractivity contribution is 5.84. The monoisotopic (exact) mass is 418 g/mol. The largest absolute Gasteiger partial charge is 0.481 e. The number of ether oxygens (including phenoxy) is 2. The van der Waals surface area contributed by atoms with Gasteiger partial charge in [-0.25, -0.2) is 0 Å². The minimum absolute atomic E-state index is 0.0382. The first-order chi connectivity index (χ1) is 14.5. The van der Waals surface area contributed by atoms with Gasteiger partial charge in [-0.15, -0.1) is 0 Å². The van der Waals surface area contributed by atoms with Gasteiger partial charge in [-0.1, -0.05) is 49.6 Å². The fraction of sp³-hybridized carbons (Fsp3) is 0.565. The number of hydrogen-bond acceptors (Lipinski definition) is 6. The Morgan fingerprint density at radius 1 is 1.20 bits per heavy atom. The summed E-state index contributed by atoms with van der Waals surface area (Å²) in [4.78, 5) is 22.9. The molecule has 7 heteroatoms. The van der Waals surface area contributed by atoms with Crippen molar-refractivity contribution in [3.63, 3.8) is 0 Å². The Morgan fingerprint density at radius 3 is 2.77 bits per heavy atom. The van der Waals surface area contributed by atoms with E-state index in [9.17, 15) is 19.8 Å². The third kappa shape index (κ3) is 5.90. The molecule has 0 spiro atoms. The predicted molar refractivity (Wildman–Crippen MR) is 109 cm³/mol. The second-order valence-electron chi connectivity index (χ2n) is 8.05. The number of aliphatic carboxylic acids is 1. The molecule has 7 nitrogen and oxygen atoms in total. The second kappa shape index (κ2) is 10.7. The van der Waals surface area contributed by atoms with E-state index < -0.39 is 24.5 Å². The van der Waals surface area contributed by atoms with Crippen LogP contribution in [-0.2, 0) is 20.9 Å². The van der Waals surface area contributed by atoms with Crippen molar-refractivity contribution in [1.29, 1.82) is 0 Å². The normalized spacial score (nSPS) is 27.1. The van der Waals surface area contributed by atoms with E-state index >= 15 is 0 Å². The van der Waals surface area contributed by atoms with E-state index in [1.165, 1.54) is 0 Å². The number of carboxylic acid groups (broad SMARTS) is 1. The first-order valence-electron chi connectivity index (χ1n) is 10.6. The number of fused-ring (bicyclic) bond motifs is 1. The summed E-state index contributed by atoms with van der Waals surface area (Å²) in [6.45, 7) is 0.348. The summed E-state index contributed by atoms with van der Waals surface area (Å²) in [7, 11) is 0. The van der Waals surface area contributed by atoms with Gasteiger partial charge in [-0.05, 0) is 18.9 Å². The number of unbranched alkanes of at least 4 members (excludes halogenated alkanes) is 3. The van der Waals surface area contributed by atoms with E-state index in [-0.39, 0.29) is 30.5 Å². The molecule has 164 valence electrons. The summed E-state index contributed by atoms with van der Waals surface area (Å²) < 4.78 is 11.3. The molecule has 1 fully saturated rings. The Kier molecular flexibility index (Phi) is 8.01. The first kappa shape index (κ1) is 22.5. The van der Waals surface area contributed by atoms with Gasteiger partial charge in [0.05, 0.1) is 12.7 Å². The van der Waals surface area contributed by atoms with Gasteiger partial charge in [0.15, 0.2) is 0 Å². The fourth-order valence-electron chi connectivity index (χ4n) is 4.16. The van der Waals surface area contributed by atoms with E-state index in [1.807, 2.05) is 24.3 Å². The zero-order valence-electron chi connectivity index (χ0n) is 17.0. The molecule has 0 saturated heterocycles. The number of carbonyl (C=O) groups is 2. The first-order valence-corrected chi connectivity index (χ1v) is 10.6. The zero-order chi connectivity index (χ0) is 21.5. The Balaban J connectivity index is 1.51. The molecule has 3 N–H and O–H groups in total. The molecule has 1 aliphatic carbocycles. The number of Topliss-reactive ketones (excluding diaryl/α,β-unsaturated/α-hetero) is 1. The lowest BCUT2D eigenvalue weighted by atomic mass is 9.88. The molecule has 1 aromatic carbocycles. The van der Waals surface area contributed by atoms with E-state index in [1.54, 1.807) is 12.2 Å². The van der Waals surface area contributed by atoms with E-state index in [0.717, 1.165) is 24.8 Å². The smallest absolute Gasteiger partial charge is 0.303 e. The molecule has 0 radical (unpaired) electrons. The summed E-state index contributed by atoms with van der Waals surface area (Å²) in [6, 6.07) is 7.48. The molecule has 1 aliphatic heterocycles. The highest BCUT2D eigenvalue weighted by atomic mass is 16.7. The predicted octanol–water partition coefficient (Wildman–Crippen LogP) is 2.83. The quantitative estimate of drug-likeness (QED) is 0.395. The summed E-state index contributed by atoms with van der Waals surface area (Å²) in [5.41, 5.74) is 0.921. The summed E-state index contributed by atoms with van der Waals surface area (Å²) >= 11 is 0. The van der Waals surface area contributed by atoms with Crippen LogP contribution in [0.3, 0.4) is 0 Å². The SMILES string of the molecule is O=C(O)CCCCCC[C@H]1C(=O)C[C@@H](O)[C@@H]1/C=C/[C@H](O)C1OCc2ccccc2O1. The van der Waals surface area contributed by atoms with Gasteiger partial charge in [-0.2, -0.15) is 0 Å². The van der Waals surface area contributed by atoms with Crippen LogP contribution in [0.2, 0.25) is 0 Å². The number of benzene rings is 1. The Hall–Kier alpha value is -2.22. The van der Waals surface area contributed by atoms with Gasteiger partial charge in [0.25, 0.3) is 0 Å². The minimum atomic E-state index is -1.02. The van der Waals surface area contributed by atoms with Crippen molar-refractivity contribution in [3.8, 4) is 5.75 Å². The van der Waals surface area contributed by atoms with Crippen LogP contribution < -0.4 is 4.74 Å². The maximum absolute atomic E-state index is 12.3. The average molecular weight is 418 g/mol. The van der Waals surface area contributed by atoms with Gasteiger partial charge in [0, 0.05) is 30.2 Å². The summed E-state index contributed by atoms with van der Waals surface area (Å²) in [5.74, 6) is -0.699. The maximum atomic E-state index is 12.3. The number of para-hydroxylation sites is 1. The third-order valence-electron chi connectivity index (χ3n) is 5.82. The summed E-state index contributed by atoms with van der Waals surface area (Å²) in [6.07, 6.45) is 4.70. The van der Waals surface area contributed by atoms with Crippen molar-refractivity contribution >= 4 is 11.8 Å². The average Bonchev–Trinajstić information content (AvgIpc) is 3.00. The number of ketones is 1. The molecule has 0 amide bonds. The minimum Gasteiger partial charge on any atom is -0.481 e. The Bertz CT molecular complexity index is 760. The van der Waals surface area contributed by atoms with E-state index in [0.29, 0.717) is 25.2 Å². The van der Waals surface area contributed by atoms with Crippen LogP contribution in [0.5, 0.6) is 5.75 Å². The maximum Gasteiger partial charge on any atom is 0.303 e. The van der Waals surface area contributed by atoms with Crippen LogP contribution in [0.1, 0.15) is 50.5 Å². The molecule has 3 rings (SSSR count). The van der Waals surface area contributed by atoms with Gasteiger partial charge < -0.3 is 24.8 Å². The fourth-order valence-corrected chi connectivity index (χ4v) is 4.16.